The molecule has 0 aromatic carbocycles. The summed E-state index contributed by atoms with van der Waals surface area (Å²) in [5.41, 5.74) is 0. The molecule has 6 nitrogen and oxygen atoms in total. The van der Waals surface area contributed by atoms with Gasteiger partial charge in [-0.3, -0.25) is 9.59 Å². The summed E-state index contributed by atoms with van der Waals surface area (Å²) in [4.78, 5) is 27.9. The summed E-state index contributed by atoms with van der Waals surface area (Å²) >= 11 is 0. The molecular weight excluding hydrogens is 292 g/mol. The van der Waals surface area contributed by atoms with Crippen LogP contribution in [0.4, 0.5) is 0 Å². The number of hydrogen-bond donors (Lipinski definition) is 2. The standard InChI is InChI=1S/C17H32N4O2/c22-16(20-12-8-18-9-13-20)6-4-2-1-3-5-7-17(23)21-14-10-19-11-15-21/h18-19H,1-15H2. The molecule has 0 radical (unpaired) electrons. The second-order valence-corrected chi connectivity index (χ2v) is 6.53. The zero-order valence-corrected chi connectivity index (χ0v) is 14.3. The van der Waals surface area contributed by atoms with E-state index in [-0.39, 0.29) is 0 Å². The first-order valence-electron chi connectivity index (χ1n) is 9.24. The van der Waals surface area contributed by atoms with Gasteiger partial charge in [-0.05, 0) is 12.8 Å². The first kappa shape index (κ1) is 18.2. The average molecular weight is 324 g/mol. The van der Waals surface area contributed by atoms with Gasteiger partial charge in [0, 0.05) is 65.2 Å². The molecule has 0 atom stereocenters. The van der Waals surface area contributed by atoms with Crippen LogP contribution < -0.4 is 10.6 Å². The molecule has 2 N–H and O–H groups in total. The molecule has 2 rings (SSSR count). The fourth-order valence-electron chi connectivity index (χ4n) is 3.23. The van der Waals surface area contributed by atoms with E-state index in [1.54, 1.807) is 0 Å². The Morgan fingerprint density at radius 1 is 0.609 bits per heavy atom. The predicted octanol–water partition coefficient (Wildman–Crippen LogP) is 0.581. The highest BCUT2D eigenvalue weighted by molar-refractivity contribution is 5.76. The normalized spacial score (nSPS) is 19.0. The van der Waals surface area contributed by atoms with Gasteiger partial charge in [0.2, 0.25) is 11.8 Å². The van der Waals surface area contributed by atoms with Gasteiger partial charge in [0.15, 0.2) is 0 Å². The van der Waals surface area contributed by atoms with Gasteiger partial charge in [-0.1, -0.05) is 19.3 Å². The topological polar surface area (TPSA) is 64.7 Å². The highest BCUT2D eigenvalue weighted by Crippen LogP contribution is 2.10. The summed E-state index contributed by atoms with van der Waals surface area (Å²) in [6, 6.07) is 0. The number of nitrogens with one attached hydrogen (secondary N) is 2. The smallest absolute Gasteiger partial charge is 0.222 e. The van der Waals surface area contributed by atoms with Crippen molar-refractivity contribution in [1.29, 1.82) is 0 Å². The lowest BCUT2D eigenvalue weighted by Gasteiger charge is -2.27. The maximum Gasteiger partial charge on any atom is 0.222 e. The van der Waals surface area contributed by atoms with Crippen LogP contribution in [0.1, 0.15) is 44.9 Å². The second-order valence-electron chi connectivity index (χ2n) is 6.53. The van der Waals surface area contributed by atoms with E-state index in [4.69, 9.17) is 0 Å². The molecule has 6 heteroatoms. The minimum atomic E-state index is 0.306. The minimum absolute atomic E-state index is 0.306. The second kappa shape index (κ2) is 10.6. The van der Waals surface area contributed by atoms with Gasteiger partial charge in [0.05, 0.1) is 0 Å². The molecule has 0 aliphatic carbocycles. The van der Waals surface area contributed by atoms with Crippen LogP contribution in [-0.2, 0) is 9.59 Å². The van der Waals surface area contributed by atoms with Crippen molar-refractivity contribution in [3.63, 3.8) is 0 Å². The summed E-state index contributed by atoms with van der Waals surface area (Å²) < 4.78 is 0. The zero-order chi connectivity index (χ0) is 16.3. The Kier molecular flexibility index (Phi) is 8.39. The number of rotatable bonds is 8. The summed E-state index contributed by atoms with van der Waals surface area (Å²) in [7, 11) is 0. The van der Waals surface area contributed by atoms with E-state index in [1.807, 2.05) is 9.80 Å². The van der Waals surface area contributed by atoms with E-state index in [0.717, 1.165) is 84.5 Å². The number of unbranched alkanes of at least 4 members (excludes halogenated alkanes) is 4. The van der Waals surface area contributed by atoms with Crippen LogP contribution in [0.3, 0.4) is 0 Å². The number of nitrogens with zero attached hydrogens (tertiary/aromatic N) is 2. The van der Waals surface area contributed by atoms with Crippen molar-refractivity contribution in [2.75, 3.05) is 52.4 Å². The molecule has 0 saturated carbocycles. The lowest BCUT2D eigenvalue weighted by atomic mass is 10.1. The molecule has 0 aromatic heterocycles. The number of piperazine rings is 2. The van der Waals surface area contributed by atoms with E-state index in [0.29, 0.717) is 24.7 Å². The Balaban J connectivity index is 1.43. The van der Waals surface area contributed by atoms with Crippen LogP contribution in [0, 0.1) is 0 Å². The molecule has 0 aromatic rings. The van der Waals surface area contributed by atoms with Gasteiger partial charge in [-0.15, -0.1) is 0 Å². The van der Waals surface area contributed by atoms with Gasteiger partial charge in [-0.2, -0.15) is 0 Å². The van der Waals surface area contributed by atoms with Crippen LogP contribution in [-0.4, -0.2) is 74.0 Å². The van der Waals surface area contributed by atoms with E-state index in [9.17, 15) is 9.59 Å². The first-order valence-corrected chi connectivity index (χ1v) is 9.24. The predicted molar refractivity (Wildman–Crippen MR) is 91.2 cm³/mol. The van der Waals surface area contributed by atoms with E-state index in [1.165, 1.54) is 0 Å². The highest BCUT2D eigenvalue weighted by Gasteiger charge is 2.16. The van der Waals surface area contributed by atoms with Crippen LogP contribution in [0.5, 0.6) is 0 Å². The van der Waals surface area contributed by atoms with Gasteiger partial charge in [0.25, 0.3) is 0 Å². The quantitative estimate of drug-likeness (QED) is 0.641. The van der Waals surface area contributed by atoms with Crippen molar-refractivity contribution in [2.45, 2.75) is 44.9 Å². The van der Waals surface area contributed by atoms with Crippen molar-refractivity contribution in [2.24, 2.45) is 0 Å². The van der Waals surface area contributed by atoms with Crippen LogP contribution in [0.25, 0.3) is 0 Å². The lowest BCUT2D eigenvalue weighted by Crippen LogP contribution is -2.46. The Bertz CT molecular complexity index is 330. The summed E-state index contributed by atoms with van der Waals surface area (Å²) in [5, 5.41) is 6.53. The summed E-state index contributed by atoms with van der Waals surface area (Å²) in [5.74, 6) is 0.612. The van der Waals surface area contributed by atoms with E-state index < -0.39 is 0 Å². The molecule has 2 amide bonds. The molecule has 2 saturated heterocycles. The van der Waals surface area contributed by atoms with Crippen molar-refractivity contribution in [3.05, 3.63) is 0 Å². The number of carbonyl (C=O) groups excluding carboxylic acids is 2. The van der Waals surface area contributed by atoms with Gasteiger partial charge >= 0.3 is 0 Å². The number of hydrogen-bond acceptors (Lipinski definition) is 4. The van der Waals surface area contributed by atoms with Crippen LogP contribution in [0.2, 0.25) is 0 Å². The highest BCUT2D eigenvalue weighted by atomic mass is 16.2. The molecule has 2 fully saturated rings. The maximum atomic E-state index is 12.0. The molecule has 132 valence electrons. The summed E-state index contributed by atoms with van der Waals surface area (Å²) in [6.45, 7) is 7.11. The maximum absolute atomic E-state index is 12.0. The van der Waals surface area contributed by atoms with Gasteiger partial charge in [0.1, 0.15) is 0 Å². The molecule has 0 bridgehead atoms. The third-order valence-electron chi connectivity index (χ3n) is 4.72. The molecule has 23 heavy (non-hydrogen) atoms. The molecule has 2 heterocycles. The minimum Gasteiger partial charge on any atom is -0.340 e. The molecular formula is C17H32N4O2. The van der Waals surface area contributed by atoms with Crippen LogP contribution in [0.15, 0.2) is 0 Å². The average Bonchev–Trinajstić information content (AvgIpc) is 2.62. The Labute approximate surface area is 140 Å². The Morgan fingerprint density at radius 2 is 0.957 bits per heavy atom. The van der Waals surface area contributed by atoms with Gasteiger partial charge < -0.3 is 20.4 Å². The van der Waals surface area contributed by atoms with E-state index in [2.05, 4.69) is 10.6 Å². The third-order valence-corrected chi connectivity index (χ3v) is 4.72. The SMILES string of the molecule is O=C(CCCCCCCC(=O)N1CCNCC1)N1CCNCC1. The van der Waals surface area contributed by atoms with Crippen LogP contribution >= 0.6 is 0 Å². The van der Waals surface area contributed by atoms with Crippen molar-refractivity contribution in [1.82, 2.24) is 20.4 Å². The fraction of sp³-hybridized carbons (Fsp3) is 0.882. The van der Waals surface area contributed by atoms with E-state index >= 15 is 0 Å². The first-order chi connectivity index (χ1) is 11.3. The number of carbonyl (C=O) groups is 2. The Morgan fingerprint density at radius 3 is 1.35 bits per heavy atom. The van der Waals surface area contributed by atoms with Crippen molar-refractivity contribution < 1.29 is 9.59 Å². The van der Waals surface area contributed by atoms with Gasteiger partial charge in [-0.25, -0.2) is 0 Å². The molecule has 0 spiro atoms. The molecule has 2 aliphatic rings. The summed E-state index contributed by atoms with van der Waals surface area (Å²) in [6.07, 6.45) is 6.64. The number of amides is 2. The van der Waals surface area contributed by atoms with Crippen molar-refractivity contribution in [3.8, 4) is 0 Å². The largest absolute Gasteiger partial charge is 0.340 e. The van der Waals surface area contributed by atoms with Crippen molar-refractivity contribution >= 4 is 11.8 Å². The molecule has 0 unspecified atom stereocenters. The Hall–Kier alpha value is -1.14. The molecule has 2 aliphatic heterocycles. The lowest BCUT2D eigenvalue weighted by molar-refractivity contribution is -0.132. The fourth-order valence-corrected chi connectivity index (χ4v) is 3.23. The monoisotopic (exact) mass is 324 g/mol. The third kappa shape index (κ3) is 6.87. The zero-order valence-electron chi connectivity index (χ0n) is 14.3.